The predicted molar refractivity (Wildman–Crippen MR) is 239 cm³/mol. The number of aliphatic imine (C=N–C) groups is 3. The number of aromatic nitrogens is 1. The van der Waals surface area contributed by atoms with Crippen molar-refractivity contribution in [2.24, 2.45) is 15.0 Å². The first kappa shape index (κ1) is 33.9. The highest BCUT2D eigenvalue weighted by Gasteiger charge is 2.27. The van der Waals surface area contributed by atoms with Gasteiger partial charge in [-0.3, -0.25) is 4.99 Å². The number of benzene rings is 8. The number of rotatable bonds is 6. The molecule has 5 heteroatoms. The molecule has 0 spiro atoms. The number of para-hydroxylation sites is 3. The number of anilines is 3. The lowest BCUT2D eigenvalue weighted by atomic mass is 9.94. The van der Waals surface area contributed by atoms with Gasteiger partial charge >= 0.3 is 0 Å². The van der Waals surface area contributed by atoms with Crippen LogP contribution in [-0.4, -0.2) is 23.0 Å². The molecule has 0 amide bonds. The molecular weight excluding hydrogens is 695 g/mol. The average Bonchev–Trinajstić information content (AvgIpc) is 3.54. The first-order chi connectivity index (χ1) is 28.2. The zero-order valence-corrected chi connectivity index (χ0v) is 31.2. The molecular formula is C52H37N5. The summed E-state index contributed by atoms with van der Waals surface area (Å²) in [7, 11) is 0. The second kappa shape index (κ2) is 14.5. The molecule has 2 heterocycles. The quantitative estimate of drug-likeness (QED) is 0.124. The van der Waals surface area contributed by atoms with Crippen molar-refractivity contribution in [3.8, 4) is 27.9 Å². The summed E-state index contributed by atoms with van der Waals surface area (Å²) in [4.78, 5) is 16.6. The van der Waals surface area contributed by atoms with Crippen molar-refractivity contribution >= 4 is 57.3 Å². The first-order valence-corrected chi connectivity index (χ1v) is 19.2. The van der Waals surface area contributed by atoms with E-state index in [4.69, 9.17) is 9.98 Å². The van der Waals surface area contributed by atoms with E-state index < -0.39 is 0 Å². The molecule has 1 aromatic heterocycles. The molecule has 9 aromatic rings. The second-order valence-corrected chi connectivity index (χ2v) is 14.1. The van der Waals surface area contributed by atoms with E-state index in [1.54, 1.807) is 0 Å². The van der Waals surface area contributed by atoms with E-state index >= 15 is 0 Å². The minimum Gasteiger partial charge on any atom is -0.309 e. The fourth-order valence-electron chi connectivity index (χ4n) is 8.09. The highest BCUT2D eigenvalue weighted by atomic mass is 15.2. The van der Waals surface area contributed by atoms with Gasteiger partial charge in [-0.25, -0.2) is 9.98 Å². The van der Waals surface area contributed by atoms with E-state index in [0.29, 0.717) is 18.2 Å². The van der Waals surface area contributed by atoms with E-state index in [9.17, 15) is 0 Å². The maximum Gasteiger partial charge on any atom is 0.161 e. The number of hydrogen-bond donors (Lipinski definition) is 0. The summed E-state index contributed by atoms with van der Waals surface area (Å²) < 4.78 is 2.39. The van der Waals surface area contributed by atoms with Gasteiger partial charge in [0.05, 0.1) is 29.0 Å². The number of hydrogen-bond acceptors (Lipinski definition) is 2. The Morgan fingerprint density at radius 3 is 1.72 bits per heavy atom. The van der Waals surface area contributed by atoms with Crippen molar-refractivity contribution in [3.05, 3.63) is 217 Å². The van der Waals surface area contributed by atoms with Crippen molar-refractivity contribution in [1.82, 2.24) is 4.57 Å². The third-order valence-corrected chi connectivity index (χ3v) is 10.7. The Morgan fingerprint density at radius 2 is 1.02 bits per heavy atom. The van der Waals surface area contributed by atoms with Crippen LogP contribution in [0.1, 0.15) is 16.7 Å². The molecule has 270 valence electrons. The van der Waals surface area contributed by atoms with Gasteiger partial charge in [-0.1, -0.05) is 152 Å². The molecule has 0 N–H and O–H groups in total. The highest BCUT2D eigenvalue weighted by Crippen LogP contribution is 2.52. The molecule has 0 aliphatic carbocycles. The van der Waals surface area contributed by atoms with Gasteiger partial charge in [0.2, 0.25) is 0 Å². The smallest absolute Gasteiger partial charge is 0.161 e. The van der Waals surface area contributed by atoms with E-state index in [-0.39, 0.29) is 0 Å². The molecule has 10 rings (SSSR count). The molecule has 0 saturated carbocycles. The minimum absolute atomic E-state index is 0.457. The zero-order chi connectivity index (χ0) is 38.1. The third kappa shape index (κ3) is 6.12. The summed E-state index contributed by atoms with van der Waals surface area (Å²) in [6, 6.07) is 70.4. The van der Waals surface area contributed by atoms with Crippen LogP contribution in [0.25, 0.3) is 49.7 Å². The molecule has 0 atom stereocenters. The van der Waals surface area contributed by atoms with Crippen molar-refractivity contribution in [2.75, 3.05) is 4.90 Å². The van der Waals surface area contributed by atoms with Crippen LogP contribution in [-0.2, 0) is 6.54 Å². The summed E-state index contributed by atoms with van der Waals surface area (Å²) in [5.41, 5.74) is 14.5. The Kier molecular flexibility index (Phi) is 8.65. The maximum atomic E-state index is 5.03. The molecule has 1 aliphatic heterocycles. The molecule has 1 aliphatic rings. The Hall–Kier alpha value is -7.63. The minimum atomic E-state index is 0.457. The van der Waals surface area contributed by atoms with Crippen molar-refractivity contribution < 1.29 is 0 Å². The molecule has 57 heavy (non-hydrogen) atoms. The molecule has 0 fully saturated rings. The highest BCUT2D eigenvalue weighted by molar-refractivity contribution is 6.15. The monoisotopic (exact) mass is 731 g/mol. The van der Waals surface area contributed by atoms with Crippen LogP contribution in [0.4, 0.5) is 17.1 Å². The lowest BCUT2D eigenvalue weighted by Gasteiger charge is -2.27. The largest absolute Gasteiger partial charge is 0.309 e. The SMILES string of the molecule is C=NC(=NC(=NCc1ccc(-n2c3ccccc3c3cc4c(cc32)N(c2ccccc2)c2ccccc2-c2ccccc2-4)cc1)c1ccccc1)c1ccccc1. The van der Waals surface area contributed by atoms with Gasteiger partial charge in [-0.15, -0.1) is 0 Å². The number of fused-ring (bicyclic) bond motifs is 8. The summed E-state index contributed by atoms with van der Waals surface area (Å²) in [5, 5.41) is 2.42. The van der Waals surface area contributed by atoms with Gasteiger partial charge in [-0.05, 0) is 71.9 Å². The summed E-state index contributed by atoms with van der Waals surface area (Å²) in [5.74, 6) is 1.15. The van der Waals surface area contributed by atoms with Crippen LogP contribution in [0.5, 0.6) is 0 Å². The topological polar surface area (TPSA) is 45.2 Å². The van der Waals surface area contributed by atoms with Gasteiger partial charge in [0.15, 0.2) is 11.7 Å². The first-order valence-electron chi connectivity index (χ1n) is 19.2. The summed E-state index contributed by atoms with van der Waals surface area (Å²) in [6.07, 6.45) is 0. The second-order valence-electron chi connectivity index (χ2n) is 14.1. The van der Waals surface area contributed by atoms with Gasteiger partial charge in [0.1, 0.15) is 0 Å². The van der Waals surface area contributed by atoms with Crippen LogP contribution >= 0.6 is 0 Å². The van der Waals surface area contributed by atoms with Crippen molar-refractivity contribution in [2.45, 2.75) is 6.54 Å². The van der Waals surface area contributed by atoms with Crippen molar-refractivity contribution in [3.63, 3.8) is 0 Å². The van der Waals surface area contributed by atoms with E-state index in [2.05, 4.69) is 161 Å². The fourth-order valence-corrected chi connectivity index (χ4v) is 8.09. The third-order valence-electron chi connectivity index (χ3n) is 10.7. The molecule has 0 radical (unpaired) electrons. The van der Waals surface area contributed by atoms with E-state index in [1.807, 2.05) is 60.7 Å². The Balaban J connectivity index is 1.11. The molecule has 0 bridgehead atoms. The van der Waals surface area contributed by atoms with E-state index in [1.165, 1.54) is 33.0 Å². The van der Waals surface area contributed by atoms with E-state index in [0.717, 1.165) is 50.5 Å². The normalized spacial score (nSPS) is 12.5. The lowest BCUT2D eigenvalue weighted by Crippen LogP contribution is -2.11. The molecule has 8 aromatic carbocycles. The molecule has 5 nitrogen and oxygen atoms in total. The predicted octanol–water partition coefficient (Wildman–Crippen LogP) is 13.0. The number of amidine groups is 2. The van der Waals surface area contributed by atoms with Gasteiger partial charge in [-0.2, -0.15) is 0 Å². The maximum absolute atomic E-state index is 5.03. The number of nitrogens with zero attached hydrogens (tertiary/aromatic N) is 5. The fraction of sp³-hybridized carbons (Fsp3) is 0.0192. The Morgan fingerprint density at radius 1 is 0.439 bits per heavy atom. The lowest BCUT2D eigenvalue weighted by molar-refractivity contribution is 1.05. The molecule has 0 saturated heterocycles. The van der Waals surface area contributed by atoms with Gasteiger partial charge in [0.25, 0.3) is 0 Å². The Bertz CT molecular complexity index is 2980. The average molecular weight is 732 g/mol. The van der Waals surface area contributed by atoms with Crippen LogP contribution in [0.2, 0.25) is 0 Å². The zero-order valence-electron chi connectivity index (χ0n) is 31.2. The summed E-state index contributed by atoms with van der Waals surface area (Å²) >= 11 is 0. The Labute approximate surface area is 331 Å². The summed E-state index contributed by atoms with van der Waals surface area (Å²) in [6.45, 7) is 4.26. The van der Waals surface area contributed by atoms with Crippen LogP contribution in [0.15, 0.2) is 215 Å². The van der Waals surface area contributed by atoms with Gasteiger partial charge < -0.3 is 9.47 Å². The van der Waals surface area contributed by atoms with Crippen LogP contribution < -0.4 is 4.90 Å². The molecule has 0 unspecified atom stereocenters. The standard InChI is InChI=1S/C52H37N5/c1-53-51(37-17-5-2-6-18-37)55-52(38-19-7-3-8-20-38)54-35-36-29-31-40(32-30-36)57-48-28-16-14-26-44(48)46-33-45-42-24-12-11-23-41(42)43-25-13-15-27-47(43)56(49(45)34-50(46)57)39-21-9-4-10-22-39/h2-34H,1,35H2. The van der Waals surface area contributed by atoms with Crippen molar-refractivity contribution in [1.29, 1.82) is 0 Å². The van der Waals surface area contributed by atoms with Crippen LogP contribution in [0.3, 0.4) is 0 Å². The van der Waals surface area contributed by atoms with Crippen LogP contribution in [0, 0.1) is 0 Å². The van der Waals surface area contributed by atoms with Gasteiger partial charge in [0, 0.05) is 44.4 Å².